The second kappa shape index (κ2) is 5.88. The highest BCUT2D eigenvalue weighted by molar-refractivity contribution is 5.94. The van der Waals surface area contributed by atoms with E-state index in [1.165, 1.54) is 0 Å². The Morgan fingerprint density at radius 1 is 1.43 bits per heavy atom. The maximum absolute atomic E-state index is 11.7. The summed E-state index contributed by atoms with van der Waals surface area (Å²) in [6.45, 7) is 10.5. The Kier molecular flexibility index (Phi) is 4.35. The summed E-state index contributed by atoms with van der Waals surface area (Å²) in [7, 11) is 0. The molecule has 0 fully saturated rings. The molecular weight excluding hydrogens is 264 g/mol. The Morgan fingerprint density at radius 3 is 2.67 bits per heavy atom. The van der Waals surface area contributed by atoms with E-state index in [1.807, 2.05) is 11.0 Å². The fourth-order valence-corrected chi connectivity index (χ4v) is 2.79. The van der Waals surface area contributed by atoms with E-state index in [1.54, 1.807) is 6.08 Å². The number of carbonyl (C=O) groups is 1. The van der Waals surface area contributed by atoms with Crippen molar-refractivity contribution in [3.05, 3.63) is 35.5 Å². The number of anilines is 1. The van der Waals surface area contributed by atoms with Crippen molar-refractivity contribution in [1.82, 2.24) is 4.98 Å². The van der Waals surface area contributed by atoms with Gasteiger partial charge in [0.2, 0.25) is 0 Å². The number of aromatic carboxylic acids is 1. The summed E-state index contributed by atoms with van der Waals surface area (Å²) in [6.07, 6.45) is 5.90. The lowest BCUT2D eigenvalue weighted by molar-refractivity contribution is 0.0697. The summed E-state index contributed by atoms with van der Waals surface area (Å²) in [4.78, 5) is 18.4. The van der Waals surface area contributed by atoms with Gasteiger partial charge in [0, 0.05) is 17.8 Å². The normalized spacial score (nSPS) is 14.4. The number of aryl methyl sites for hydroxylation is 2. The zero-order chi connectivity index (χ0) is 15.6. The van der Waals surface area contributed by atoms with Gasteiger partial charge in [0.05, 0.1) is 0 Å². The van der Waals surface area contributed by atoms with Crippen molar-refractivity contribution in [2.75, 3.05) is 11.4 Å². The van der Waals surface area contributed by atoms with Crippen LogP contribution in [-0.2, 0) is 12.8 Å². The quantitative estimate of drug-likeness (QED) is 0.862. The van der Waals surface area contributed by atoms with Crippen LogP contribution in [0.1, 0.15) is 55.2 Å². The van der Waals surface area contributed by atoms with Crippen molar-refractivity contribution in [2.45, 2.75) is 52.0 Å². The third-order valence-electron chi connectivity index (χ3n) is 3.89. The standard InChI is InChI=1S/C17H24N2O2/c1-5-10-19(17(2,3)4)15-13(16(20)21)11-12-8-6-7-9-14(12)18-15/h5,11H,1,6-10H2,2-4H3,(H,20,21). The van der Waals surface area contributed by atoms with Gasteiger partial charge >= 0.3 is 5.97 Å². The molecule has 0 atom stereocenters. The minimum Gasteiger partial charge on any atom is -0.478 e. The minimum atomic E-state index is -0.913. The van der Waals surface area contributed by atoms with Crippen molar-refractivity contribution >= 4 is 11.8 Å². The Bertz CT molecular complexity index is 559. The first-order valence-corrected chi connectivity index (χ1v) is 7.49. The SMILES string of the molecule is C=CCN(c1nc2c(cc1C(=O)O)CCCC2)C(C)(C)C. The summed E-state index contributed by atoms with van der Waals surface area (Å²) < 4.78 is 0. The van der Waals surface area contributed by atoms with Gasteiger partial charge in [-0.2, -0.15) is 0 Å². The molecule has 1 aliphatic carbocycles. The molecular formula is C17H24N2O2. The van der Waals surface area contributed by atoms with Crippen molar-refractivity contribution < 1.29 is 9.90 Å². The maximum Gasteiger partial charge on any atom is 0.339 e. The smallest absolute Gasteiger partial charge is 0.339 e. The van der Waals surface area contributed by atoms with Crippen LogP contribution in [0.4, 0.5) is 5.82 Å². The van der Waals surface area contributed by atoms with Gasteiger partial charge in [0.25, 0.3) is 0 Å². The van der Waals surface area contributed by atoms with Gasteiger partial charge in [0.1, 0.15) is 11.4 Å². The fourth-order valence-electron chi connectivity index (χ4n) is 2.79. The molecule has 0 unspecified atom stereocenters. The third-order valence-corrected chi connectivity index (χ3v) is 3.89. The van der Waals surface area contributed by atoms with Crippen LogP contribution >= 0.6 is 0 Å². The fraction of sp³-hybridized carbons (Fsp3) is 0.529. The number of fused-ring (bicyclic) bond motifs is 1. The number of aromatic nitrogens is 1. The van der Waals surface area contributed by atoms with E-state index < -0.39 is 5.97 Å². The second-order valence-electron chi connectivity index (χ2n) is 6.55. The molecule has 1 heterocycles. The first kappa shape index (κ1) is 15.5. The van der Waals surface area contributed by atoms with E-state index in [0.717, 1.165) is 36.9 Å². The lowest BCUT2D eigenvalue weighted by Gasteiger charge is -2.37. The zero-order valence-corrected chi connectivity index (χ0v) is 13.1. The molecule has 1 aromatic rings. The maximum atomic E-state index is 11.7. The Morgan fingerprint density at radius 2 is 2.10 bits per heavy atom. The molecule has 1 N–H and O–H groups in total. The van der Waals surface area contributed by atoms with Gasteiger partial charge in [-0.3, -0.25) is 0 Å². The number of carboxylic acid groups (broad SMARTS) is 1. The van der Waals surface area contributed by atoms with Gasteiger partial charge in [-0.1, -0.05) is 6.08 Å². The molecule has 2 rings (SSSR count). The van der Waals surface area contributed by atoms with Crippen LogP contribution in [0.3, 0.4) is 0 Å². The molecule has 1 aliphatic rings. The summed E-state index contributed by atoms with van der Waals surface area (Å²) in [5, 5.41) is 9.56. The van der Waals surface area contributed by atoms with Crippen LogP contribution in [0, 0.1) is 0 Å². The first-order chi connectivity index (χ1) is 9.84. The van der Waals surface area contributed by atoms with Crippen LogP contribution in [0.25, 0.3) is 0 Å². The number of pyridine rings is 1. The van der Waals surface area contributed by atoms with Crippen LogP contribution in [0.2, 0.25) is 0 Å². The molecule has 0 amide bonds. The molecule has 0 radical (unpaired) electrons. The zero-order valence-electron chi connectivity index (χ0n) is 13.1. The average molecular weight is 288 g/mol. The second-order valence-corrected chi connectivity index (χ2v) is 6.55. The number of hydrogen-bond acceptors (Lipinski definition) is 3. The Balaban J connectivity index is 2.58. The number of rotatable bonds is 4. The highest BCUT2D eigenvalue weighted by Gasteiger charge is 2.28. The molecule has 114 valence electrons. The third kappa shape index (κ3) is 3.26. The molecule has 4 nitrogen and oxygen atoms in total. The predicted octanol–water partition coefficient (Wildman–Crippen LogP) is 3.45. The molecule has 0 aliphatic heterocycles. The van der Waals surface area contributed by atoms with Gasteiger partial charge < -0.3 is 10.0 Å². The van der Waals surface area contributed by atoms with E-state index in [9.17, 15) is 9.90 Å². The van der Waals surface area contributed by atoms with Crippen LogP contribution in [0.15, 0.2) is 18.7 Å². The minimum absolute atomic E-state index is 0.214. The molecule has 0 saturated heterocycles. The van der Waals surface area contributed by atoms with E-state index in [4.69, 9.17) is 4.98 Å². The molecule has 0 saturated carbocycles. The van der Waals surface area contributed by atoms with Crippen LogP contribution in [0.5, 0.6) is 0 Å². The molecule has 0 spiro atoms. The van der Waals surface area contributed by atoms with Crippen molar-refractivity contribution in [3.63, 3.8) is 0 Å². The lowest BCUT2D eigenvalue weighted by atomic mass is 9.94. The number of carboxylic acids is 1. The molecule has 0 bridgehead atoms. The Labute approximate surface area is 126 Å². The van der Waals surface area contributed by atoms with Crippen molar-refractivity contribution in [3.8, 4) is 0 Å². The summed E-state index contributed by atoms with van der Waals surface area (Å²) in [6, 6.07) is 1.82. The lowest BCUT2D eigenvalue weighted by Crippen LogP contribution is -2.43. The topological polar surface area (TPSA) is 53.4 Å². The van der Waals surface area contributed by atoms with Crippen LogP contribution in [-0.4, -0.2) is 28.1 Å². The van der Waals surface area contributed by atoms with E-state index >= 15 is 0 Å². The monoisotopic (exact) mass is 288 g/mol. The number of nitrogens with zero attached hydrogens (tertiary/aromatic N) is 2. The largest absolute Gasteiger partial charge is 0.478 e. The van der Waals surface area contributed by atoms with E-state index in [0.29, 0.717) is 17.9 Å². The average Bonchev–Trinajstić information content (AvgIpc) is 2.42. The Hall–Kier alpha value is -1.84. The van der Waals surface area contributed by atoms with Gasteiger partial charge in [-0.15, -0.1) is 6.58 Å². The first-order valence-electron chi connectivity index (χ1n) is 7.49. The molecule has 4 heteroatoms. The number of hydrogen-bond donors (Lipinski definition) is 1. The summed E-state index contributed by atoms with van der Waals surface area (Å²) >= 11 is 0. The molecule has 1 aromatic heterocycles. The highest BCUT2D eigenvalue weighted by Crippen LogP contribution is 2.30. The summed E-state index contributed by atoms with van der Waals surface area (Å²) in [5.41, 5.74) is 2.23. The highest BCUT2D eigenvalue weighted by atomic mass is 16.4. The van der Waals surface area contributed by atoms with Crippen molar-refractivity contribution in [1.29, 1.82) is 0 Å². The van der Waals surface area contributed by atoms with E-state index in [2.05, 4.69) is 27.4 Å². The predicted molar refractivity (Wildman–Crippen MR) is 85.1 cm³/mol. The molecule has 0 aromatic carbocycles. The van der Waals surface area contributed by atoms with Crippen LogP contribution < -0.4 is 4.90 Å². The van der Waals surface area contributed by atoms with Gasteiger partial charge in [0.15, 0.2) is 0 Å². The van der Waals surface area contributed by atoms with E-state index in [-0.39, 0.29) is 5.54 Å². The molecule has 21 heavy (non-hydrogen) atoms. The van der Waals surface area contributed by atoms with Crippen molar-refractivity contribution in [2.24, 2.45) is 0 Å². The van der Waals surface area contributed by atoms with Gasteiger partial charge in [-0.05, 0) is 58.1 Å². The summed E-state index contributed by atoms with van der Waals surface area (Å²) in [5.74, 6) is -0.347. The van der Waals surface area contributed by atoms with Gasteiger partial charge in [-0.25, -0.2) is 9.78 Å².